The molecule has 0 aliphatic rings. The molecule has 2 atom stereocenters. The van der Waals surface area contributed by atoms with Crippen LogP contribution >= 0.6 is 0 Å². The molecule has 5 nitrogen and oxygen atoms in total. The molecule has 26 heavy (non-hydrogen) atoms. The fourth-order valence-corrected chi connectivity index (χ4v) is 1.91. The number of benzene rings is 1. The summed E-state index contributed by atoms with van der Waals surface area (Å²) in [4.78, 5) is 11.8. The van der Waals surface area contributed by atoms with E-state index >= 15 is 0 Å². The lowest BCUT2D eigenvalue weighted by atomic mass is 10.1. The van der Waals surface area contributed by atoms with Crippen molar-refractivity contribution in [3.63, 3.8) is 0 Å². The van der Waals surface area contributed by atoms with Gasteiger partial charge in [0.05, 0.1) is 5.56 Å². The molecule has 0 saturated carbocycles. The first-order valence-corrected chi connectivity index (χ1v) is 8.47. The first kappa shape index (κ1) is 22.2. The van der Waals surface area contributed by atoms with E-state index in [4.69, 9.17) is 9.47 Å². The summed E-state index contributed by atoms with van der Waals surface area (Å²) in [5.74, 6) is 0.338. The maximum absolute atomic E-state index is 12.5. The molecular formula is C18H26F3NO4. The lowest BCUT2D eigenvalue weighted by molar-refractivity contribution is -0.137. The van der Waals surface area contributed by atoms with Gasteiger partial charge in [-0.15, -0.1) is 0 Å². The number of rotatable bonds is 10. The molecule has 0 aliphatic carbocycles. The van der Waals surface area contributed by atoms with Crippen LogP contribution in [0.25, 0.3) is 0 Å². The molecular weight excluding hydrogens is 351 g/mol. The Kier molecular flexibility index (Phi) is 8.87. The third-order valence-electron chi connectivity index (χ3n) is 3.57. The van der Waals surface area contributed by atoms with Crippen LogP contribution in [0.4, 0.5) is 13.2 Å². The zero-order valence-electron chi connectivity index (χ0n) is 15.2. The first-order chi connectivity index (χ1) is 12.1. The van der Waals surface area contributed by atoms with Crippen molar-refractivity contribution in [1.29, 1.82) is 0 Å². The van der Waals surface area contributed by atoms with Crippen LogP contribution in [-0.2, 0) is 15.7 Å². The second-order valence-electron chi connectivity index (χ2n) is 6.43. The monoisotopic (exact) mass is 377 g/mol. The van der Waals surface area contributed by atoms with Gasteiger partial charge in [0.1, 0.15) is 24.6 Å². The van der Waals surface area contributed by atoms with Gasteiger partial charge in [-0.3, -0.25) is 4.79 Å². The zero-order chi connectivity index (χ0) is 19.7. The molecule has 0 spiro atoms. The van der Waals surface area contributed by atoms with Crippen LogP contribution in [0, 0.1) is 5.92 Å². The van der Waals surface area contributed by atoms with Gasteiger partial charge in [0, 0.05) is 13.2 Å². The van der Waals surface area contributed by atoms with Gasteiger partial charge in [-0.2, -0.15) is 13.2 Å². The Morgan fingerprint density at radius 1 is 1.19 bits per heavy atom. The second-order valence-corrected chi connectivity index (χ2v) is 6.43. The number of carbonyl (C=O) groups excluding carboxylic acids is 1. The maximum atomic E-state index is 12.5. The number of hydrogen-bond acceptors (Lipinski definition) is 4. The average Bonchev–Trinajstić information content (AvgIpc) is 2.56. The van der Waals surface area contributed by atoms with E-state index < -0.39 is 23.9 Å². The van der Waals surface area contributed by atoms with E-state index in [0.29, 0.717) is 12.5 Å². The topological polar surface area (TPSA) is 67.8 Å². The van der Waals surface area contributed by atoms with Crippen molar-refractivity contribution in [2.45, 2.75) is 45.6 Å². The number of halogens is 3. The number of amides is 1. The van der Waals surface area contributed by atoms with Crippen LogP contribution in [0.1, 0.15) is 32.8 Å². The van der Waals surface area contributed by atoms with Gasteiger partial charge in [-0.1, -0.05) is 13.8 Å². The highest BCUT2D eigenvalue weighted by Crippen LogP contribution is 2.30. The van der Waals surface area contributed by atoms with Crippen molar-refractivity contribution < 1.29 is 32.5 Å². The molecule has 1 aromatic carbocycles. The van der Waals surface area contributed by atoms with Gasteiger partial charge in [0.2, 0.25) is 5.91 Å². The maximum Gasteiger partial charge on any atom is 0.416 e. The van der Waals surface area contributed by atoms with Crippen molar-refractivity contribution in [3.05, 3.63) is 29.8 Å². The summed E-state index contributed by atoms with van der Waals surface area (Å²) in [5.41, 5.74) is -0.774. The van der Waals surface area contributed by atoms with Crippen molar-refractivity contribution in [3.8, 4) is 5.75 Å². The molecule has 8 heteroatoms. The van der Waals surface area contributed by atoms with Crippen LogP contribution in [-0.4, -0.2) is 43.0 Å². The molecule has 0 saturated heterocycles. The van der Waals surface area contributed by atoms with Gasteiger partial charge in [0.15, 0.2) is 0 Å². The molecule has 0 fully saturated rings. The SMILES string of the molecule is CC(C)CCOC(C)C(=O)NCC(O)COc1ccc(C(F)(F)F)cc1. The Morgan fingerprint density at radius 3 is 2.35 bits per heavy atom. The molecule has 0 aliphatic heterocycles. The molecule has 0 bridgehead atoms. The van der Waals surface area contributed by atoms with Crippen molar-refractivity contribution in [1.82, 2.24) is 5.32 Å². The smallest absolute Gasteiger partial charge is 0.416 e. The largest absolute Gasteiger partial charge is 0.491 e. The van der Waals surface area contributed by atoms with Gasteiger partial charge in [-0.05, 0) is 43.5 Å². The molecule has 1 rings (SSSR count). The normalized spacial score (nSPS) is 14.2. The highest BCUT2D eigenvalue weighted by molar-refractivity contribution is 5.80. The number of aliphatic hydroxyl groups excluding tert-OH is 1. The van der Waals surface area contributed by atoms with E-state index in [1.54, 1.807) is 6.92 Å². The molecule has 0 heterocycles. The Morgan fingerprint density at radius 2 is 1.81 bits per heavy atom. The van der Waals surface area contributed by atoms with Crippen molar-refractivity contribution in [2.75, 3.05) is 19.8 Å². The summed E-state index contributed by atoms with van der Waals surface area (Å²) in [6, 6.07) is 4.16. The minimum absolute atomic E-state index is 0.0443. The molecule has 0 radical (unpaired) electrons. The lowest BCUT2D eigenvalue weighted by Gasteiger charge is -2.17. The predicted octanol–water partition coefficient (Wildman–Crippen LogP) is 3.01. The van der Waals surface area contributed by atoms with Crippen molar-refractivity contribution >= 4 is 5.91 Å². The quantitative estimate of drug-likeness (QED) is 0.658. The van der Waals surface area contributed by atoms with E-state index in [-0.39, 0.29) is 24.8 Å². The van der Waals surface area contributed by atoms with Gasteiger partial charge in [0.25, 0.3) is 0 Å². The van der Waals surface area contributed by atoms with E-state index in [0.717, 1.165) is 18.6 Å². The summed E-state index contributed by atoms with van der Waals surface area (Å²) >= 11 is 0. The first-order valence-electron chi connectivity index (χ1n) is 8.47. The molecule has 2 unspecified atom stereocenters. The predicted molar refractivity (Wildman–Crippen MR) is 90.8 cm³/mol. The number of nitrogens with one attached hydrogen (secondary N) is 1. The Bertz CT molecular complexity index is 546. The summed E-state index contributed by atoms with van der Waals surface area (Å²) in [6.45, 7) is 6.01. The van der Waals surface area contributed by atoms with E-state index in [1.807, 2.05) is 0 Å². The summed E-state index contributed by atoms with van der Waals surface area (Å²) in [7, 11) is 0. The van der Waals surface area contributed by atoms with Crippen LogP contribution in [0.15, 0.2) is 24.3 Å². The van der Waals surface area contributed by atoms with Crippen LogP contribution < -0.4 is 10.1 Å². The fraction of sp³-hybridized carbons (Fsp3) is 0.611. The summed E-state index contributed by atoms with van der Waals surface area (Å²) in [5, 5.41) is 12.4. The third-order valence-corrected chi connectivity index (χ3v) is 3.57. The number of ether oxygens (including phenoxy) is 2. The van der Waals surface area contributed by atoms with Crippen LogP contribution in [0.2, 0.25) is 0 Å². The number of carbonyl (C=O) groups is 1. The van der Waals surface area contributed by atoms with Crippen LogP contribution in [0.3, 0.4) is 0 Å². The number of alkyl halides is 3. The second kappa shape index (κ2) is 10.4. The molecule has 1 amide bonds. The standard InChI is InChI=1S/C18H26F3NO4/c1-12(2)8-9-25-13(3)17(24)22-10-15(23)11-26-16-6-4-14(5-7-16)18(19,20)21/h4-7,12-13,15,23H,8-11H2,1-3H3,(H,22,24). The fourth-order valence-electron chi connectivity index (χ4n) is 1.91. The van der Waals surface area contributed by atoms with Crippen LogP contribution in [0.5, 0.6) is 5.75 Å². The molecule has 2 N–H and O–H groups in total. The minimum Gasteiger partial charge on any atom is -0.491 e. The minimum atomic E-state index is -4.41. The zero-order valence-corrected chi connectivity index (χ0v) is 15.2. The van der Waals surface area contributed by atoms with E-state index in [9.17, 15) is 23.1 Å². The Balaban J connectivity index is 2.29. The number of hydrogen-bond donors (Lipinski definition) is 2. The van der Waals surface area contributed by atoms with Gasteiger partial charge in [-0.25, -0.2) is 0 Å². The molecule has 0 aromatic heterocycles. The molecule has 148 valence electrons. The van der Waals surface area contributed by atoms with Gasteiger partial charge >= 0.3 is 6.18 Å². The summed E-state index contributed by atoms with van der Waals surface area (Å²) < 4.78 is 48.0. The summed E-state index contributed by atoms with van der Waals surface area (Å²) in [6.07, 6.45) is -5.18. The van der Waals surface area contributed by atoms with E-state index in [2.05, 4.69) is 19.2 Å². The third kappa shape index (κ3) is 8.53. The number of aliphatic hydroxyl groups is 1. The highest BCUT2D eigenvalue weighted by Gasteiger charge is 2.30. The van der Waals surface area contributed by atoms with E-state index in [1.165, 1.54) is 12.1 Å². The average molecular weight is 377 g/mol. The Labute approximate surface area is 151 Å². The Hall–Kier alpha value is -1.80. The molecule has 1 aromatic rings. The highest BCUT2D eigenvalue weighted by atomic mass is 19.4. The lowest BCUT2D eigenvalue weighted by Crippen LogP contribution is -2.40. The van der Waals surface area contributed by atoms with Gasteiger partial charge < -0.3 is 19.9 Å². The van der Waals surface area contributed by atoms with Crippen molar-refractivity contribution in [2.24, 2.45) is 5.92 Å².